The van der Waals surface area contributed by atoms with E-state index in [0.717, 1.165) is 6.42 Å². The van der Waals surface area contributed by atoms with Gasteiger partial charge in [0.25, 0.3) is 0 Å². The molecular formula is C11H15KO. The van der Waals surface area contributed by atoms with Crippen LogP contribution in [0.1, 0.15) is 31.7 Å². The molecule has 0 amide bonds. The van der Waals surface area contributed by atoms with Crippen LogP contribution in [0, 0.1) is 0 Å². The van der Waals surface area contributed by atoms with Crippen molar-refractivity contribution < 1.29 is 56.5 Å². The predicted molar refractivity (Wildman–Crippen MR) is 49.1 cm³/mol. The summed E-state index contributed by atoms with van der Waals surface area (Å²) in [6.45, 7) is 2.20. The Labute approximate surface area is 123 Å². The van der Waals surface area contributed by atoms with Crippen LogP contribution >= 0.6 is 0 Å². The van der Waals surface area contributed by atoms with Crippen molar-refractivity contribution in [2.45, 2.75) is 32.6 Å². The molecule has 0 spiro atoms. The van der Waals surface area contributed by atoms with Gasteiger partial charge in [0.05, 0.1) is 0 Å². The first kappa shape index (κ1) is 13.7. The molecule has 1 aromatic carbocycles. The molecule has 0 aromatic heterocycles. The van der Waals surface area contributed by atoms with Gasteiger partial charge in [-0.2, -0.15) is 0 Å². The van der Waals surface area contributed by atoms with Crippen LogP contribution in [0.25, 0.3) is 0 Å². The summed E-state index contributed by atoms with van der Waals surface area (Å²) >= 11 is 0. The van der Waals surface area contributed by atoms with Crippen LogP contribution in [0.2, 0.25) is 0 Å². The predicted octanol–water partition coefficient (Wildman–Crippen LogP) is -0.503. The Balaban J connectivity index is 0.00000144. The minimum absolute atomic E-state index is 0. The van der Waals surface area contributed by atoms with E-state index < -0.39 is 0 Å². The maximum atomic E-state index is 10.8. The fourth-order valence-corrected chi connectivity index (χ4v) is 1.24. The van der Waals surface area contributed by atoms with Crippen molar-refractivity contribution in [2.75, 3.05) is 0 Å². The number of hydrogen-bond acceptors (Lipinski definition) is 1. The molecule has 0 atom stereocenters. The second kappa shape index (κ2) is 8.01. The largest absolute Gasteiger partial charge is 1.00 e. The van der Waals surface area contributed by atoms with E-state index in [0.29, 0.717) is 0 Å². The Morgan fingerprint density at radius 2 is 1.69 bits per heavy atom. The molecular weight excluding hydrogens is 187 g/mol. The maximum absolute atomic E-state index is 10.8. The summed E-state index contributed by atoms with van der Waals surface area (Å²) < 4.78 is 0. The SMILES string of the molecule is CCCCCc1ccc([O-])cc1.[K+]. The van der Waals surface area contributed by atoms with E-state index in [1.165, 1.54) is 24.8 Å². The molecule has 0 bridgehead atoms. The molecule has 66 valence electrons. The number of aryl methyl sites for hydroxylation is 1. The average Bonchev–Trinajstić information content (AvgIpc) is 2.09. The zero-order valence-electron chi connectivity index (χ0n) is 8.55. The van der Waals surface area contributed by atoms with Gasteiger partial charge in [-0.05, 0) is 18.4 Å². The number of rotatable bonds is 4. The smallest absolute Gasteiger partial charge is 0.872 e. The molecule has 0 unspecified atom stereocenters. The van der Waals surface area contributed by atoms with Crippen molar-refractivity contribution in [1.82, 2.24) is 0 Å². The molecule has 1 nitrogen and oxygen atoms in total. The van der Waals surface area contributed by atoms with Crippen LogP contribution in [0.15, 0.2) is 24.3 Å². The van der Waals surface area contributed by atoms with Gasteiger partial charge in [-0.3, -0.25) is 0 Å². The monoisotopic (exact) mass is 202 g/mol. The average molecular weight is 202 g/mol. The number of benzene rings is 1. The van der Waals surface area contributed by atoms with Crippen molar-refractivity contribution in [3.05, 3.63) is 29.8 Å². The summed E-state index contributed by atoms with van der Waals surface area (Å²) in [7, 11) is 0. The molecule has 0 saturated carbocycles. The van der Waals surface area contributed by atoms with Gasteiger partial charge in [0.15, 0.2) is 0 Å². The molecule has 0 aliphatic heterocycles. The van der Waals surface area contributed by atoms with Crippen LogP contribution in [-0.4, -0.2) is 0 Å². The van der Waals surface area contributed by atoms with Crippen molar-refractivity contribution >= 4 is 0 Å². The summed E-state index contributed by atoms with van der Waals surface area (Å²) in [5, 5.41) is 10.8. The Hall–Kier alpha value is 0.656. The van der Waals surface area contributed by atoms with E-state index in [2.05, 4.69) is 6.92 Å². The Kier molecular flexibility index (Phi) is 8.41. The Morgan fingerprint density at radius 1 is 1.08 bits per heavy atom. The second-order valence-corrected chi connectivity index (χ2v) is 3.10. The molecule has 0 saturated heterocycles. The zero-order chi connectivity index (χ0) is 8.81. The van der Waals surface area contributed by atoms with E-state index in [-0.39, 0.29) is 57.1 Å². The Morgan fingerprint density at radius 3 is 2.23 bits per heavy atom. The molecule has 13 heavy (non-hydrogen) atoms. The van der Waals surface area contributed by atoms with Gasteiger partial charge in [0, 0.05) is 0 Å². The van der Waals surface area contributed by atoms with Gasteiger partial charge >= 0.3 is 51.4 Å². The molecule has 0 N–H and O–H groups in total. The standard InChI is InChI=1S/C11H16O.K/c1-2-3-4-5-10-6-8-11(12)9-7-10;/h6-9,12H,2-5H2,1H3;/q;+1/p-1. The van der Waals surface area contributed by atoms with Gasteiger partial charge in [0.1, 0.15) is 0 Å². The third-order valence-electron chi connectivity index (χ3n) is 1.99. The van der Waals surface area contributed by atoms with Crippen LogP contribution < -0.4 is 56.5 Å². The molecule has 0 radical (unpaired) electrons. The van der Waals surface area contributed by atoms with Gasteiger partial charge < -0.3 is 5.11 Å². The zero-order valence-corrected chi connectivity index (χ0v) is 11.7. The van der Waals surface area contributed by atoms with Gasteiger partial charge in [-0.1, -0.05) is 44.0 Å². The van der Waals surface area contributed by atoms with Gasteiger partial charge in [-0.15, -0.1) is 5.75 Å². The molecule has 0 heterocycles. The van der Waals surface area contributed by atoms with E-state index in [1.807, 2.05) is 12.1 Å². The van der Waals surface area contributed by atoms with E-state index in [4.69, 9.17) is 0 Å². The summed E-state index contributed by atoms with van der Waals surface area (Å²) in [5.41, 5.74) is 1.28. The van der Waals surface area contributed by atoms with Crippen molar-refractivity contribution in [1.29, 1.82) is 0 Å². The first-order valence-corrected chi connectivity index (χ1v) is 4.59. The van der Waals surface area contributed by atoms with Crippen molar-refractivity contribution in [3.63, 3.8) is 0 Å². The van der Waals surface area contributed by atoms with Crippen LogP contribution in [0.3, 0.4) is 0 Å². The fraction of sp³-hybridized carbons (Fsp3) is 0.455. The minimum atomic E-state index is 0. The third-order valence-corrected chi connectivity index (χ3v) is 1.99. The summed E-state index contributed by atoms with van der Waals surface area (Å²) in [5.74, 6) is 0.106. The van der Waals surface area contributed by atoms with Crippen molar-refractivity contribution in [2.24, 2.45) is 0 Å². The van der Waals surface area contributed by atoms with Gasteiger partial charge in [0.2, 0.25) is 0 Å². The summed E-state index contributed by atoms with van der Waals surface area (Å²) in [6, 6.07) is 7.14. The second-order valence-electron chi connectivity index (χ2n) is 3.10. The van der Waals surface area contributed by atoms with Crippen LogP contribution in [-0.2, 0) is 6.42 Å². The van der Waals surface area contributed by atoms with Gasteiger partial charge in [-0.25, -0.2) is 0 Å². The quantitative estimate of drug-likeness (QED) is 0.477. The Bertz CT molecular complexity index is 218. The maximum Gasteiger partial charge on any atom is 1.00 e. The molecule has 0 aliphatic carbocycles. The van der Waals surface area contributed by atoms with E-state index in [1.54, 1.807) is 12.1 Å². The number of hydrogen-bond donors (Lipinski definition) is 0. The molecule has 0 aliphatic rings. The third kappa shape index (κ3) is 5.86. The van der Waals surface area contributed by atoms with E-state index in [9.17, 15) is 5.11 Å². The number of unbranched alkanes of at least 4 members (excludes halogenated alkanes) is 2. The normalized spacial score (nSPS) is 9.31. The topological polar surface area (TPSA) is 23.1 Å². The molecule has 0 fully saturated rings. The summed E-state index contributed by atoms with van der Waals surface area (Å²) in [4.78, 5) is 0. The van der Waals surface area contributed by atoms with Crippen LogP contribution in [0.4, 0.5) is 0 Å². The minimum Gasteiger partial charge on any atom is -0.872 e. The van der Waals surface area contributed by atoms with E-state index >= 15 is 0 Å². The molecule has 2 heteroatoms. The van der Waals surface area contributed by atoms with Crippen molar-refractivity contribution in [3.8, 4) is 5.75 Å². The fourth-order valence-electron chi connectivity index (χ4n) is 1.24. The van der Waals surface area contributed by atoms with Crippen LogP contribution in [0.5, 0.6) is 5.75 Å². The molecule has 1 rings (SSSR count). The first-order valence-electron chi connectivity index (χ1n) is 4.59. The molecule has 1 aromatic rings. The summed E-state index contributed by atoms with van der Waals surface area (Å²) in [6.07, 6.45) is 4.86. The first-order chi connectivity index (χ1) is 5.83.